The molecule has 0 aliphatic carbocycles. The van der Waals surface area contributed by atoms with Crippen LogP contribution in [-0.4, -0.2) is 54.9 Å². The lowest BCUT2D eigenvalue weighted by atomic mass is 10.2. The van der Waals surface area contributed by atoms with Crippen molar-refractivity contribution < 1.29 is 19.1 Å². The fraction of sp³-hybridized carbons (Fsp3) is 0.462. The van der Waals surface area contributed by atoms with Gasteiger partial charge >= 0.3 is 0 Å². The van der Waals surface area contributed by atoms with Crippen LogP contribution in [0.3, 0.4) is 0 Å². The molecule has 4 rings (SSSR count). The van der Waals surface area contributed by atoms with Crippen molar-refractivity contribution in [3.8, 4) is 5.75 Å². The van der Waals surface area contributed by atoms with Gasteiger partial charge in [0.2, 0.25) is 0 Å². The first-order valence-electron chi connectivity index (χ1n) is 12.1. The van der Waals surface area contributed by atoms with Gasteiger partial charge < -0.3 is 14.8 Å². The van der Waals surface area contributed by atoms with E-state index in [9.17, 15) is 4.79 Å². The summed E-state index contributed by atoms with van der Waals surface area (Å²) in [6.07, 6.45) is 9.92. The number of pyridine rings is 1. The summed E-state index contributed by atoms with van der Waals surface area (Å²) in [4.78, 5) is 24.0. The lowest BCUT2D eigenvalue weighted by Crippen LogP contribution is -2.32. The summed E-state index contributed by atoms with van der Waals surface area (Å²) in [7, 11) is 0. The molecule has 1 amide bonds. The summed E-state index contributed by atoms with van der Waals surface area (Å²) >= 11 is 0. The average Bonchev–Trinajstić information content (AvgIpc) is 3.39. The van der Waals surface area contributed by atoms with E-state index in [0.29, 0.717) is 19.8 Å². The lowest BCUT2D eigenvalue weighted by Gasteiger charge is -2.21. The van der Waals surface area contributed by atoms with Gasteiger partial charge in [-0.2, -0.15) is 0 Å². The SMILES string of the molecule is O=C(/C=C/c1ccc(NCCOc2cccc(CN3CCCC3)c2)nc1)NOC1CCCCO1. The minimum atomic E-state index is -0.360. The van der Waals surface area contributed by atoms with Gasteiger partial charge in [-0.3, -0.25) is 9.69 Å². The Balaban J connectivity index is 1.13. The van der Waals surface area contributed by atoms with Crippen LogP contribution < -0.4 is 15.5 Å². The number of rotatable bonds is 11. The number of nitrogens with zero attached hydrogens (tertiary/aromatic N) is 2. The summed E-state index contributed by atoms with van der Waals surface area (Å²) in [5.41, 5.74) is 4.52. The second-order valence-electron chi connectivity index (χ2n) is 8.60. The molecule has 2 fully saturated rings. The number of hydrogen-bond acceptors (Lipinski definition) is 7. The first-order valence-corrected chi connectivity index (χ1v) is 12.1. The van der Waals surface area contributed by atoms with Crippen LogP contribution in [0, 0.1) is 0 Å². The Morgan fingerprint density at radius 3 is 2.88 bits per heavy atom. The molecule has 1 atom stereocenters. The Morgan fingerprint density at radius 1 is 1.18 bits per heavy atom. The highest BCUT2D eigenvalue weighted by molar-refractivity contribution is 5.90. The van der Waals surface area contributed by atoms with Crippen LogP contribution in [0.4, 0.5) is 5.82 Å². The van der Waals surface area contributed by atoms with Crippen molar-refractivity contribution in [2.75, 3.05) is 38.2 Å². The number of anilines is 1. The maximum atomic E-state index is 11.9. The van der Waals surface area contributed by atoms with Crippen LogP contribution in [0.2, 0.25) is 0 Å². The number of nitrogens with one attached hydrogen (secondary N) is 2. The van der Waals surface area contributed by atoms with Crippen molar-refractivity contribution in [1.82, 2.24) is 15.4 Å². The molecule has 0 bridgehead atoms. The van der Waals surface area contributed by atoms with E-state index in [1.807, 2.05) is 18.2 Å². The zero-order valence-corrected chi connectivity index (χ0v) is 19.6. The number of carbonyl (C=O) groups is 1. The smallest absolute Gasteiger partial charge is 0.267 e. The molecule has 2 aliphatic rings. The fourth-order valence-corrected chi connectivity index (χ4v) is 4.02. The first-order chi connectivity index (χ1) is 16.7. The van der Waals surface area contributed by atoms with Crippen molar-refractivity contribution in [2.24, 2.45) is 0 Å². The molecule has 1 aromatic heterocycles. The zero-order valence-electron chi connectivity index (χ0n) is 19.6. The molecular weight excluding hydrogens is 432 g/mol. The molecule has 1 aromatic carbocycles. The summed E-state index contributed by atoms with van der Waals surface area (Å²) in [5, 5.41) is 3.26. The third kappa shape index (κ3) is 8.13. The number of benzene rings is 1. The van der Waals surface area contributed by atoms with E-state index in [-0.39, 0.29) is 12.2 Å². The van der Waals surface area contributed by atoms with Crippen LogP contribution in [0.25, 0.3) is 6.08 Å². The molecule has 1 unspecified atom stereocenters. The van der Waals surface area contributed by atoms with Gasteiger partial charge in [0.05, 0.1) is 6.54 Å². The summed E-state index contributed by atoms with van der Waals surface area (Å²) in [6, 6.07) is 12.1. The van der Waals surface area contributed by atoms with E-state index in [1.165, 1.54) is 37.6 Å². The number of likely N-dealkylation sites (tertiary alicyclic amines) is 1. The highest BCUT2D eigenvalue weighted by atomic mass is 16.8. The first kappa shape index (κ1) is 24.2. The van der Waals surface area contributed by atoms with Crippen LogP contribution in [0.1, 0.15) is 43.2 Å². The Labute approximate surface area is 201 Å². The van der Waals surface area contributed by atoms with Crippen LogP contribution in [-0.2, 0) is 20.9 Å². The number of hydrogen-bond donors (Lipinski definition) is 2. The average molecular weight is 467 g/mol. The van der Waals surface area contributed by atoms with Crippen LogP contribution >= 0.6 is 0 Å². The van der Waals surface area contributed by atoms with Crippen LogP contribution in [0.15, 0.2) is 48.7 Å². The maximum Gasteiger partial charge on any atom is 0.267 e. The number of aromatic nitrogens is 1. The van der Waals surface area contributed by atoms with Gasteiger partial charge in [-0.15, -0.1) is 0 Å². The predicted octanol–water partition coefficient (Wildman–Crippen LogP) is 3.76. The van der Waals surface area contributed by atoms with Crippen molar-refractivity contribution in [3.63, 3.8) is 0 Å². The van der Waals surface area contributed by atoms with Crippen molar-refractivity contribution in [3.05, 3.63) is 59.8 Å². The van der Waals surface area contributed by atoms with Gasteiger partial charge in [0.15, 0.2) is 6.29 Å². The molecule has 2 N–H and O–H groups in total. The summed E-state index contributed by atoms with van der Waals surface area (Å²) in [5.74, 6) is 1.31. The second-order valence-corrected chi connectivity index (χ2v) is 8.60. The van der Waals surface area contributed by atoms with E-state index in [0.717, 1.165) is 42.9 Å². The molecule has 2 aliphatic heterocycles. The van der Waals surface area contributed by atoms with Gasteiger partial charge in [0, 0.05) is 31.8 Å². The number of carbonyl (C=O) groups excluding carboxylic acids is 1. The van der Waals surface area contributed by atoms with E-state index in [2.05, 4.69) is 38.9 Å². The third-order valence-corrected chi connectivity index (χ3v) is 5.82. The summed E-state index contributed by atoms with van der Waals surface area (Å²) < 4.78 is 11.3. The number of amides is 1. The van der Waals surface area contributed by atoms with E-state index in [1.54, 1.807) is 12.3 Å². The Hall–Kier alpha value is -2.94. The molecule has 0 radical (unpaired) electrons. The van der Waals surface area contributed by atoms with Gasteiger partial charge in [-0.05, 0) is 80.2 Å². The number of hydroxylamine groups is 1. The Kier molecular flexibility index (Phi) is 9.30. The molecule has 0 spiro atoms. The van der Waals surface area contributed by atoms with E-state index >= 15 is 0 Å². The van der Waals surface area contributed by atoms with Gasteiger partial charge in [0.1, 0.15) is 18.2 Å². The molecule has 8 nitrogen and oxygen atoms in total. The molecular formula is C26H34N4O4. The van der Waals surface area contributed by atoms with E-state index in [4.69, 9.17) is 14.3 Å². The van der Waals surface area contributed by atoms with Crippen molar-refractivity contribution in [2.45, 2.75) is 44.9 Å². The Morgan fingerprint density at radius 2 is 2.09 bits per heavy atom. The maximum absolute atomic E-state index is 11.9. The zero-order chi connectivity index (χ0) is 23.4. The van der Waals surface area contributed by atoms with Crippen molar-refractivity contribution >= 4 is 17.8 Å². The molecule has 0 saturated carbocycles. The second kappa shape index (κ2) is 13.1. The Bertz CT molecular complexity index is 923. The molecule has 8 heteroatoms. The summed E-state index contributed by atoms with van der Waals surface area (Å²) in [6.45, 7) is 5.22. The molecule has 34 heavy (non-hydrogen) atoms. The van der Waals surface area contributed by atoms with E-state index < -0.39 is 0 Å². The molecule has 182 valence electrons. The van der Waals surface area contributed by atoms with Gasteiger partial charge in [-0.25, -0.2) is 15.3 Å². The largest absolute Gasteiger partial charge is 0.492 e. The predicted molar refractivity (Wildman–Crippen MR) is 131 cm³/mol. The molecule has 2 saturated heterocycles. The van der Waals surface area contributed by atoms with Gasteiger partial charge in [0.25, 0.3) is 5.91 Å². The minimum absolute atomic E-state index is 0.335. The number of ether oxygens (including phenoxy) is 2. The fourth-order valence-electron chi connectivity index (χ4n) is 4.02. The van der Waals surface area contributed by atoms with Crippen LogP contribution in [0.5, 0.6) is 5.75 Å². The lowest BCUT2D eigenvalue weighted by molar-refractivity contribution is -0.198. The molecule has 2 aromatic rings. The highest BCUT2D eigenvalue weighted by Crippen LogP contribution is 2.18. The third-order valence-electron chi connectivity index (χ3n) is 5.82. The van der Waals surface area contributed by atoms with Crippen molar-refractivity contribution in [1.29, 1.82) is 0 Å². The highest BCUT2D eigenvalue weighted by Gasteiger charge is 2.15. The topological polar surface area (TPSA) is 85.0 Å². The minimum Gasteiger partial charge on any atom is -0.492 e. The monoisotopic (exact) mass is 466 g/mol. The standard InChI is InChI=1S/C26H34N4O4/c31-25(29-34-26-8-1-4-16-33-26)12-10-21-9-11-24(28-19-21)27-13-17-32-23-7-5-6-22(18-23)20-30-14-2-3-15-30/h5-7,9-12,18-19,26H,1-4,8,13-17,20H2,(H,27,28)(H,29,31)/b12-10+. The quantitative estimate of drug-likeness (QED) is 0.296. The van der Waals surface area contributed by atoms with Gasteiger partial charge in [-0.1, -0.05) is 12.1 Å². The molecule has 3 heterocycles. The normalized spacial score (nSPS) is 18.8.